The first-order valence-electron chi connectivity index (χ1n) is 8.03. The van der Waals surface area contributed by atoms with Crippen molar-refractivity contribution in [1.29, 1.82) is 0 Å². The minimum atomic E-state index is -3.67. The fourth-order valence-electron chi connectivity index (χ4n) is 3.08. The lowest BCUT2D eigenvalue weighted by Gasteiger charge is -2.25. The molecule has 0 unspecified atom stereocenters. The van der Waals surface area contributed by atoms with Crippen LogP contribution in [0, 0.1) is 5.92 Å². The molecule has 1 aliphatic rings. The second-order valence-electron chi connectivity index (χ2n) is 6.18. The lowest BCUT2D eigenvalue weighted by Crippen LogP contribution is -2.34. The van der Waals surface area contributed by atoms with Crippen molar-refractivity contribution in [3.8, 4) is 5.75 Å². The Hall–Kier alpha value is -2.45. The van der Waals surface area contributed by atoms with E-state index in [0.29, 0.717) is 24.2 Å². The van der Waals surface area contributed by atoms with Gasteiger partial charge in [-0.2, -0.15) is 0 Å². The summed E-state index contributed by atoms with van der Waals surface area (Å²) in [6.45, 7) is 0.808. The zero-order valence-electron chi connectivity index (χ0n) is 13.7. The number of ether oxygens (including phenoxy) is 1. The molecular weight excluding hydrogens is 340 g/mol. The molecule has 0 fully saturated rings. The number of fused-ring (bicyclic) bond motifs is 2. The Morgan fingerprint density at radius 2 is 2.08 bits per heavy atom. The number of sulfonamides is 1. The zero-order valence-corrected chi connectivity index (χ0v) is 14.5. The number of rotatable bonds is 4. The Morgan fingerprint density at radius 1 is 1.24 bits per heavy atom. The summed E-state index contributed by atoms with van der Waals surface area (Å²) in [4.78, 5) is 0.148. The van der Waals surface area contributed by atoms with Crippen LogP contribution in [0.2, 0.25) is 0 Å². The average Bonchev–Trinajstić information content (AvgIpc) is 3.01. The molecule has 8 heteroatoms. The van der Waals surface area contributed by atoms with Crippen LogP contribution >= 0.6 is 0 Å². The van der Waals surface area contributed by atoms with Gasteiger partial charge in [-0.25, -0.2) is 17.8 Å². The standard InChI is InChI=1S/C17H18N4O3S/c1-21-14-6-4-8-16(17(14)19-20-21)25(22,23)18-10-12-9-13-5-2-3-7-15(13)24-11-12/h2-8,12,18H,9-11H2,1H3/t12-/m0/s1. The Labute approximate surface area is 145 Å². The van der Waals surface area contributed by atoms with Gasteiger partial charge in [0.25, 0.3) is 0 Å². The van der Waals surface area contributed by atoms with E-state index in [2.05, 4.69) is 15.0 Å². The second kappa shape index (κ2) is 6.12. The number of benzene rings is 2. The molecule has 0 radical (unpaired) electrons. The van der Waals surface area contributed by atoms with Crippen LogP contribution in [0.4, 0.5) is 0 Å². The van der Waals surface area contributed by atoms with E-state index in [1.165, 1.54) is 0 Å². The molecule has 0 amide bonds. The molecule has 0 saturated heterocycles. The molecule has 25 heavy (non-hydrogen) atoms. The van der Waals surface area contributed by atoms with Gasteiger partial charge in [0.05, 0.1) is 12.1 Å². The zero-order chi connectivity index (χ0) is 17.4. The third-order valence-corrected chi connectivity index (χ3v) is 5.87. The Balaban J connectivity index is 1.52. The topological polar surface area (TPSA) is 86.1 Å². The molecule has 0 aliphatic carbocycles. The van der Waals surface area contributed by atoms with Crippen LogP contribution in [0.5, 0.6) is 5.75 Å². The smallest absolute Gasteiger partial charge is 0.242 e. The third-order valence-electron chi connectivity index (χ3n) is 4.41. The summed E-state index contributed by atoms with van der Waals surface area (Å²) in [5, 5.41) is 7.88. The molecule has 7 nitrogen and oxygen atoms in total. The third kappa shape index (κ3) is 2.98. The van der Waals surface area contributed by atoms with E-state index in [1.54, 1.807) is 29.9 Å². The lowest BCUT2D eigenvalue weighted by molar-refractivity contribution is 0.223. The predicted molar refractivity (Wildman–Crippen MR) is 92.8 cm³/mol. The fraction of sp³-hybridized carbons (Fsp3) is 0.294. The summed E-state index contributed by atoms with van der Waals surface area (Å²) >= 11 is 0. The van der Waals surface area contributed by atoms with Gasteiger partial charge in [0.2, 0.25) is 10.0 Å². The molecule has 2 aromatic carbocycles. The Morgan fingerprint density at radius 3 is 2.96 bits per heavy atom. The van der Waals surface area contributed by atoms with E-state index in [-0.39, 0.29) is 10.8 Å². The van der Waals surface area contributed by atoms with E-state index in [4.69, 9.17) is 4.74 Å². The molecule has 0 bridgehead atoms. The summed E-state index contributed by atoms with van der Waals surface area (Å²) in [6, 6.07) is 12.9. The van der Waals surface area contributed by atoms with Crippen molar-refractivity contribution in [2.45, 2.75) is 11.3 Å². The van der Waals surface area contributed by atoms with Gasteiger partial charge in [-0.05, 0) is 30.2 Å². The monoisotopic (exact) mass is 358 g/mol. The molecule has 4 rings (SSSR count). The molecule has 0 saturated carbocycles. The van der Waals surface area contributed by atoms with Crippen molar-refractivity contribution in [2.24, 2.45) is 13.0 Å². The van der Waals surface area contributed by atoms with Gasteiger partial charge in [-0.15, -0.1) is 5.10 Å². The predicted octanol–water partition coefficient (Wildman–Crippen LogP) is 1.50. The number of hydrogen-bond donors (Lipinski definition) is 1. The number of aromatic nitrogens is 3. The van der Waals surface area contributed by atoms with E-state index in [0.717, 1.165) is 17.7 Å². The number of nitrogens with one attached hydrogen (secondary N) is 1. The molecule has 1 N–H and O–H groups in total. The summed E-state index contributed by atoms with van der Waals surface area (Å²) in [6.07, 6.45) is 0.786. The minimum Gasteiger partial charge on any atom is -0.493 e. The van der Waals surface area contributed by atoms with Crippen LogP contribution in [0.1, 0.15) is 5.56 Å². The maximum Gasteiger partial charge on any atom is 0.242 e. The van der Waals surface area contributed by atoms with Gasteiger partial charge in [-0.3, -0.25) is 0 Å². The van der Waals surface area contributed by atoms with E-state index in [9.17, 15) is 8.42 Å². The van der Waals surface area contributed by atoms with Crippen molar-refractivity contribution in [2.75, 3.05) is 13.2 Å². The van der Waals surface area contributed by atoms with Crippen LogP contribution in [0.3, 0.4) is 0 Å². The number of nitrogens with zero attached hydrogens (tertiary/aromatic N) is 3. The maximum absolute atomic E-state index is 12.7. The molecule has 0 spiro atoms. The first-order chi connectivity index (χ1) is 12.0. The summed E-state index contributed by atoms with van der Waals surface area (Å²) in [7, 11) is -1.94. The van der Waals surface area contributed by atoms with Crippen molar-refractivity contribution >= 4 is 21.1 Å². The average molecular weight is 358 g/mol. The summed E-state index contributed by atoms with van der Waals surface area (Å²) in [5.41, 5.74) is 2.16. The molecule has 1 atom stereocenters. The summed E-state index contributed by atoms with van der Waals surface area (Å²) < 4.78 is 35.4. The van der Waals surface area contributed by atoms with Crippen LogP contribution in [0.25, 0.3) is 11.0 Å². The van der Waals surface area contributed by atoms with Crippen LogP contribution in [0.15, 0.2) is 47.4 Å². The summed E-state index contributed by atoms with van der Waals surface area (Å²) in [5.74, 6) is 0.969. The van der Waals surface area contributed by atoms with Crippen LogP contribution in [-0.4, -0.2) is 36.6 Å². The quantitative estimate of drug-likeness (QED) is 0.764. The highest BCUT2D eigenvalue weighted by atomic mass is 32.2. The second-order valence-corrected chi connectivity index (χ2v) is 7.91. The van der Waals surface area contributed by atoms with Gasteiger partial charge in [0.1, 0.15) is 16.2 Å². The van der Waals surface area contributed by atoms with Gasteiger partial charge in [0, 0.05) is 19.5 Å². The van der Waals surface area contributed by atoms with Gasteiger partial charge in [-0.1, -0.05) is 29.5 Å². The fourth-order valence-corrected chi connectivity index (χ4v) is 4.34. The number of hydrogen-bond acceptors (Lipinski definition) is 5. The first kappa shape index (κ1) is 16.0. The Bertz CT molecular complexity index is 1030. The van der Waals surface area contributed by atoms with Gasteiger partial charge >= 0.3 is 0 Å². The normalized spacial score (nSPS) is 17.2. The molecule has 2 heterocycles. The van der Waals surface area contributed by atoms with Crippen molar-refractivity contribution < 1.29 is 13.2 Å². The van der Waals surface area contributed by atoms with Crippen LogP contribution in [-0.2, 0) is 23.5 Å². The molecule has 3 aromatic rings. The molecule has 1 aliphatic heterocycles. The molecular formula is C17H18N4O3S. The molecule has 130 valence electrons. The highest BCUT2D eigenvalue weighted by molar-refractivity contribution is 7.89. The minimum absolute atomic E-state index is 0.0886. The van der Waals surface area contributed by atoms with Crippen molar-refractivity contribution in [3.05, 3.63) is 48.0 Å². The number of para-hydroxylation sites is 1. The lowest BCUT2D eigenvalue weighted by atomic mass is 9.97. The molecule has 1 aromatic heterocycles. The largest absolute Gasteiger partial charge is 0.493 e. The highest BCUT2D eigenvalue weighted by Crippen LogP contribution is 2.27. The van der Waals surface area contributed by atoms with Crippen molar-refractivity contribution in [1.82, 2.24) is 19.7 Å². The highest BCUT2D eigenvalue weighted by Gasteiger charge is 2.24. The Kier molecular flexibility index (Phi) is 3.93. The van der Waals surface area contributed by atoms with Gasteiger partial charge in [0.15, 0.2) is 0 Å². The van der Waals surface area contributed by atoms with E-state index >= 15 is 0 Å². The van der Waals surface area contributed by atoms with E-state index in [1.807, 2.05) is 24.3 Å². The van der Waals surface area contributed by atoms with Crippen LogP contribution < -0.4 is 9.46 Å². The number of aryl methyl sites for hydroxylation is 1. The maximum atomic E-state index is 12.7. The van der Waals surface area contributed by atoms with Gasteiger partial charge < -0.3 is 4.74 Å². The SMILES string of the molecule is Cn1nnc2c(S(=O)(=O)NC[C@H]3COc4ccccc4C3)cccc21. The van der Waals surface area contributed by atoms with Crippen molar-refractivity contribution in [3.63, 3.8) is 0 Å². The van der Waals surface area contributed by atoms with E-state index < -0.39 is 10.0 Å². The first-order valence-corrected chi connectivity index (χ1v) is 9.52.